The molecule has 19 heavy (non-hydrogen) atoms. The van der Waals surface area contributed by atoms with Crippen molar-refractivity contribution in [1.82, 2.24) is 4.98 Å². The van der Waals surface area contributed by atoms with Gasteiger partial charge in [0.15, 0.2) is 0 Å². The molecule has 0 spiro atoms. The van der Waals surface area contributed by atoms with Crippen molar-refractivity contribution in [2.75, 3.05) is 0 Å². The molecule has 0 bridgehead atoms. The molecular formula is C14H11F3NS. The molecule has 0 fully saturated rings. The highest BCUT2D eigenvalue weighted by molar-refractivity contribution is 7.13. The van der Waals surface area contributed by atoms with Gasteiger partial charge >= 0.3 is 6.18 Å². The number of aromatic nitrogens is 1. The van der Waals surface area contributed by atoms with E-state index in [4.69, 9.17) is 0 Å². The van der Waals surface area contributed by atoms with Crippen molar-refractivity contribution in [1.29, 1.82) is 0 Å². The van der Waals surface area contributed by atoms with Crippen molar-refractivity contribution in [3.8, 4) is 10.6 Å². The zero-order valence-corrected chi connectivity index (χ0v) is 11.0. The van der Waals surface area contributed by atoms with E-state index in [1.165, 1.54) is 23.5 Å². The summed E-state index contributed by atoms with van der Waals surface area (Å²) in [5.41, 5.74) is 0.430. The first kappa shape index (κ1) is 13.8. The topological polar surface area (TPSA) is 12.9 Å². The number of halogens is 3. The summed E-state index contributed by atoms with van der Waals surface area (Å²) >= 11 is 1.23. The quantitative estimate of drug-likeness (QED) is 0.768. The Bertz CT molecular complexity index is 599. The minimum absolute atomic E-state index is 0.0343. The van der Waals surface area contributed by atoms with Gasteiger partial charge in [0.1, 0.15) is 0 Å². The Morgan fingerprint density at radius 2 is 2.00 bits per heavy atom. The number of alkyl halides is 3. The largest absolute Gasteiger partial charge is 0.418 e. The van der Waals surface area contributed by atoms with Crippen LogP contribution in [0.25, 0.3) is 16.6 Å². The minimum atomic E-state index is -4.42. The lowest BCUT2D eigenvalue weighted by molar-refractivity contribution is -0.137. The molecule has 2 aromatic heterocycles. The molecule has 0 N–H and O–H groups in total. The molecule has 2 rings (SSSR count). The molecule has 0 aromatic carbocycles. The molecule has 0 saturated carbocycles. The maximum Gasteiger partial charge on any atom is 0.418 e. The first-order chi connectivity index (χ1) is 8.97. The summed E-state index contributed by atoms with van der Waals surface area (Å²) in [5, 5.41) is 1.73. The average Bonchev–Trinajstić information content (AvgIpc) is 2.85. The summed E-state index contributed by atoms with van der Waals surface area (Å²) in [6.07, 6.45) is -1.21. The molecule has 99 valence electrons. The molecule has 0 aliphatic heterocycles. The van der Waals surface area contributed by atoms with Gasteiger partial charge in [0.05, 0.1) is 16.1 Å². The second-order valence-electron chi connectivity index (χ2n) is 3.83. The monoisotopic (exact) mass is 282 g/mol. The van der Waals surface area contributed by atoms with Gasteiger partial charge in [-0.15, -0.1) is 11.3 Å². The van der Waals surface area contributed by atoms with Crippen LogP contribution >= 0.6 is 11.3 Å². The van der Waals surface area contributed by atoms with Gasteiger partial charge in [0, 0.05) is 12.1 Å². The third kappa shape index (κ3) is 2.71. The zero-order valence-electron chi connectivity index (χ0n) is 10.2. The van der Waals surface area contributed by atoms with Gasteiger partial charge in [0.25, 0.3) is 0 Å². The highest BCUT2D eigenvalue weighted by atomic mass is 32.1. The Balaban J connectivity index is 2.69. The van der Waals surface area contributed by atoms with Crippen molar-refractivity contribution < 1.29 is 13.2 Å². The molecule has 0 unspecified atom stereocenters. The van der Waals surface area contributed by atoms with E-state index in [1.54, 1.807) is 24.8 Å². The molecule has 5 heteroatoms. The van der Waals surface area contributed by atoms with Crippen molar-refractivity contribution in [3.05, 3.63) is 53.4 Å². The van der Waals surface area contributed by atoms with Gasteiger partial charge in [0.2, 0.25) is 0 Å². The van der Waals surface area contributed by atoms with Crippen LogP contribution in [-0.2, 0) is 6.18 Å². The van der Waals surface area contributed by atoms with Crippen LogP contribution in [0.15, 0.2) is 30.2 Å². The van der Waals surface area contributed by atoms with E-state index in [-0.39, 0.29) is 5.69 Å². The highest BCUT2D eigenvalue weighted by Gasteiger charge is 2.35. The predicted molar refractivity (Wildman–Crippen MR) is 71.7 cm³/mol. The lowest BCUT2D eigenvalue weighted by Crippen LogP contribution is -2.09. The Kier molecular flexibility index (Phi) is 3.75. The Morgan fingerprint density at radius 1 is 1.26 bits per heavy atom. The third-order valence-electron chi connectivity index (χ3n) is 2.65. The van der Waals surface area contributed by atoms with Gasteiger partial charge in [-0.25, -0.2) is 0 Å². The van der Waals surface area contributed by atoms with E-state index in [0.717, 1.165) is 6.07 Å². The van der Waals surface area contributed by atoms with E-state index in [9.17, 15) is 13.2 Å². The van der Waals surface area contributed by atoms with Crippen LogP contribution in [0.4, 0.5) is 13.2 Å². The van der Waals surface area contributed by atoms with E-state index >= 15 is 0 Å². The molecule has 2 aromatic rings. The van der Waals surface area contributed by atoms with Crippen LogP contribution < -0.4 is 0 Å². The maximum absolute atomic E-state index is 13.0. The molecule has 0 aliphatic rings. The SMILES string of the molecule is C=Cc1ccsc1-c1nc([CH]C)ccc1C(F)(F)F. The summed E-state index contributed by atoms with van der Waals surface area (Å²) in [5.74, 6) is 0. The van der Waals surface area contributed by atoms with E-state index in [0.29, 0.717) is 16.1 Å². The van der Waals surface area contributed by atoms with Crippen LogP contribution in [0.1, 0.15) is 23.7 Å². The fourth-order valence-electron chi connectivity index (χ4n) is 1.71. The number of nitrogens with zero attached hydrogens (tertiary/aromatic N) is 1. The number of hydrogen-bond acceptors (Lipinski definition) is 2. The second kappa shape index (κ2) is 5.17. The van der Waals surface area contributed by atoms with Crippen LogP contribution in [0.5, 0.6) is 0 Å². The summed E-state index contributed by atoms with van der Waals surface area (Å²) < 4.78 is 39.1. The van der Waals surface area contributed by atoms with Crippen LogP contribution in [0.2, 0.25) is 0 Å². The summed E-state index contributed by atoms with van der Waals surface area (Å²) in [6, 6.07) is 4.18. The van der Waals surface area contributed by atoms with Crippen LogP contribution in [0.3, 0.4) is 0 Å². The molecule has 1 radical (unpaired) electrons. The van der Waals surface area contributed by atoms with E-state index in [2.05, 4.69) is 11.6 Å². The normalized spacial score (nSPS) is 11.6. The van der Waals surface area contributed by atoms with E-state index < -0.39 is 11.7 Å². The standard InChI is InChI=1S/C14H11F3NS/c1-3-9-7-8-19-13(9)12-11(14(15,16)17)6-5-10(4-2)18-12/h3-8H,1H2,2H3. The van der Waals surface area contributed by atoms with Crippen LogP contribution in [-0.4, -0.2) is 4.98 Å². The Hall–Kier alpha value is -1.62. The minimum Gasteiger partial charge on any atom is -0.251 e. The number of thiophene rings is 1. The van der Waals surface area contributed by atoms with Gasteiger partial charge in [-0.3, -0.25) is 4.98 Å². The summed E-state index contributed by atoms with van der Waals surface area (Å²) in [4.78, 5) is 4.59. The third-order valence-corrected chi connectivity index (χ3v) is 3.59. The lowest BCUT2D eigenvalue weighted by Gasteiger charge is -2.12. The second-order valence-corrected chi connectivity index (χ2v) is 4.74. The van der Waals surface area contributed by atoms with Gasteiger partial charge in [-0.2, -0.15) is 13.2 Å². The average molecular weight is 282 g/mol. The maximum atomic E-state index is 13.0. The van der Waals surface area contributed by atoms with Crippen molar-refractivity contribution in [2.24, 2.45) is 0 Å². The number of rotatable bonds is 3. The predicted octanol–water partition coefficient (Wildman–Crippen LogP) is 5.04. The van der Waals surface area contributed by atoms with Gasteiger partial charge in [-0.05, 0) is 29.1 Å². The zero-order chi connectivity index (χ0) is 14.0. The van der Waals surface area contributed by atoms with Gasteiger partial charge < -0.3 is 0 Å². The molecule has 1 nitrogen and oxygen atoms in total. The molecule has 0 amide bonds. The van der Waals surface area contributed by atoms with Crippen molar-refractivity contribution in [3.63, 3.8) is 0 Å². The Labute approximate surface area is 113 Å². The Morgan fingerprint density at radius 3 is 2.58 bits per heavy atom. The molecule has 0 saturated heterocycles. The van der Waals surface area contributed by atoms with Crippen LogP contribution in [0, 0.1) is 6.42 Å². The molecular weight excluding hydrogens is 271 g/mol. The fourth-order valence-corrected chi connectivity index (χ4v) is 2.61. The van der Waals surface area contributed by atoms with E-state index in [1.807, 2.05) is 0 Å². The van der Waals surface area contributed by atoms with Crippen molar-refractivity contribution in [2.45, 2.75) is 13.1 Å². The highest BCUT2D eigenvalue weighted by Crippen LogP contribution is 2.39. The number of pyridine rings is 1. The molecule has 0 aliphatic carbocycles. The van der Waals surface area contributed by atoms with Crippen molar-refractivity contribution >= 4 is 17.4 Å². The molecule has 0 atom stereocenters. The first-order valence-electron chi connectivity index (χ1n) is 5.55. The number of hydrogen-bond donors (Lipinski definition) is 0. The smallest absolute Gasteiger partial charge is 0.251 e. The lowest BCUT2D eigenvalue weighted by atomic mass is 10.1. The fraction of sp³-hybridized carbons (Fsp3) is 0.143. The summed E-state index contributed by atoms with van der Waals surface area (Å²) in [7, 11) is 0. The summed E-state index contributed by atoms with van der Waals surface area (Å²) in [6.45, 7) is 5.35. The first-order valence-corrected chi connectivity index (χ1v) is 6.43. The molecule has 2 heterocycles. The van der Waals surface area contributed by atoms with Gasteiger partial charge in [-0.1, -0.05) is 19.6 Å².